The molecule has 3 atom stereocenters. The molecule has 1 aromatic carbocycles. The molecule has 1 aliphatic carbocycles. The van der Waals surface area contributed by atoms with Crippen molar-refractivity contribution in [2.24, 2.45) is 5.41 Å². The molecule has 1 fully saturated rings. The first-order valence-electron chi connectivity index (χ1n) is 13.2. The van der Waals surface area contributed by atoms with E-state index in [0.717, 1.165) is 43.4 Å². The van der Waals surface area contributed by atoms with Gasteiger partial charge in [-0.05, 0) is 66.7 Å². The van der Waals surface area contributed by atoms with E-state index in [1.54, 1.807) is 14.2 Å². The quantitative estimate of drug-likeness (QED) is 0.457. The number of rotatable bonds is 8. The highest BCUT2D eigenvalue weighted by molar-refractivity contribution is 6.03. The number of hydrogen-bond acceptors (Lipinski definition) is 6. The second kappa shape index (κ2) is 10.1. The lowest BCUT2D eigenvalue weighted by Gasteiger charge is -2.44. The smallest absolute Gasteiger partial charge is 0.291 e. The van der Waals surface area contributed by atoms with Crippen molar-refractivity contribution >= 4 is 17.2 Å². The second-order valence-corrected chi connectivity index (χ2v) is 11.7. The van der Waals surface area contributed by atoms with E-state index in [1.165, 1.54) is 17.3 Å². The molecular formula is C30H36N4O4. The first kappa shape index (κ1) is 26.4. The van der Waals surface area contributed by atoms with Gasteiger partial charge in [0.1, 0.15) is 23.0 Å². The van der Waals surface area contributed by atoms with Gasteiger partial charge in [0.05, 0.1) is 19.4 Å². The van der Waals surface area contributed by atoms with E-state index in [2.05, 4.69) is 59.5 Å². The first-order chi connectivity index (χ1) is 18.2. The van der Waals surface area contributed by atoms with Crippen molar-refractivity contribution in [1.29, 1.82) is 5.26 Å². The molecule has 3 heterocycles. The van der Waals surface area contributed by atoms with E-state index >= 15 is 0 Å². The minimum Gasteiger partial charge on any atom is -0.381 e. The molecule has 0 spiro atoms. The second-order valence-electron chi connectivity index (χ2n) is 11.7. The number of carbonyl (C=O) groups is 1. The molecule has 3 aliphatic rings. The highest BCUT2D eigenvalue weighted by atomic mass is 16.6. The van der Waals surface area contributed by atoms with Crippen molar-refractivity contribution in [3.05, 3.63) is 65.3 Å². The molecule has 5 rings (SSSR count). The summed E-state index contributed by atoms with van der Waals surface area (Å²) in [6, 6.07) is 8.31. The summed E-state index contributed by atoms with van der Waals surface area (Å²) < 4.78 is 17.7. The highest BCUT2D eigenvalue weighted by Gasteiger charge is 2.52. The average Bonchev–Trinajstić information content (AvgIpc) is 3.47. The van der Waals surface area contributed by atoms with E-state index < -0.39 is 11.2 Å². The Kier molecular flexibility index (Phi) is 7.03. The number of amides is 1. The molecule has 2 unspecified atom stereocenters. The number of anilines is 1. The van der Waals surface area contributed by atoms with Gasteiger partial charge in [-0.15, -0.1) is 0 Å². The number of hydrogen-bond donors (Lipinski definition) is 2. The van der Waals surface area contributed by atoms with Crippen molar-refractivity contribution in [2.45, 2.75) is 63.1 Å². The van der Waals surface area contributed by atoms with E-state index in [1.807, 2.05) is 12.1 Å². The third kappa shape index (κ3) is 5.19. The summed E-state index contributed by atoms with van der Waals surface area (Å²) in [5, 5.41) is 12.1. The van der Waals surface area contributed by atoms with E-state index in [-0.39, 0.29) is 28.8 Å². The van der Waals surface area contributed by atoms with Crippen molar-refractivity contribution in [2.75, 3.05) is 32.8 Å². The van der Waals surface area contributed by atoms with Crippen LogP contribution in [0.2, 0.25) is 0 Å². The standard InChI is InChI=1S/C30H36N4O4/c1-28(2)9-7-20(8-10-28)24-13-21(5-6-25(24)34-27(35)26-32-17-23(16-31)33-26)22-14-29(18-36-3)11-12-30(15-22,38-29)19-37-4/h5-7,11-13,17,22H,8-10,14-15,18-19H2,1-4H3,(H,32,33)(H,34,35)/t22?,29-,30?/m1/s1. The van der Waals surface area contributed by atoms with Gasteiger partial charge in [-0.1, -0.05) is 38.1 Å². The van der Waals surface area contributed by atoms with Gasteiger partial charge < -0.3 is 24.5 Å². The predicted octanol–water partition coefficient (Wildman–Crippen LogP) is 5.36. The van der Waals surface area contributed by atoms with Crippen LogP contribution in [0.15, 0.2) is 42.6 Å². The van der Waals surface area contributed by atoms with Crippen LogP contribution in [-0.2, 0) is 14.2 Å². The Bertz CT molecular complexity index is 1300. The molecule has 0 radical (unpaired) electrons. The zero-order valence-corrected chi connectivity index (χ0v) is 22.6. The molecule has 8 nitrogen and oxygen atoms in total. The van der Waals surface area contributed by atoms with Crippen LogP contribution in [0.3, 0.4) is 0 Å². The van der Waals surface area contributed by atoms with Crippen molar-refractivity contribution in [3.8, 4) is 6.07 Å². The van der Waals surface area contributed by atoms with Crippen LogP contribution in [0.25, 0.3) is 5.57 Å². The van der Waals surface area contributed by atoms with Crippen LogP contribution in [0.5, 0.6) is 0 Å². The number of imidazole rings is 1. The minimum absolute atomic E-state index is 0.116. The van der Waals surface area contributed by atoms with Gasteiger partial charge in [0.2, 0.25) is 0 Å². The summed E-state index contributed by atoms with van der Waals surface area (Å²) in [5.41, 5.74) is 3.78. The monoisotopic (exact) mass is 516 g/mol. The molecular weight excluding hydrogens is 480 g/mol. The van der Waals surface area contributed by atoms with Gasteiger partial charge in [-0.2, -0.15) is 5.26 Å². The highest BCUT2D eigenvalue weighted by Crippen LogP contribution is 2.50. The molecule has 200 valence electrons. The van der Waals surface area contributed by atoms with Crippen molar-refractivity contribution in [1.82, 2.24) is 9.97 Å². The van der Waals surface area contributed by atoms with Gasteiger partial charge in [-0.3, -0.25) is 4.79 Å². The van der Waals surface area contributed by atoms with Crippen LogP contribution in [0, 0.1) is 16.7 Å². The van der Waals surface area contributed by atoms with E-state index in [9.17, 15) is 4.79 Å². The Balaban J connectivity index is 1.49. The molecule has 1 amide bonds. The normalized spacial score (nSPS) is 27.6. The number of nitriles is 1. The van der Waals surface area contributed by atoms with E-state index in [0.29, 0.717) is 13.2 Å². The number of aromatic nitrogens is 2. The third-order valence-electron chi connectivity index (χ3n) is 8.05. The number of fused-ring (bicyclic) bond motifs is 2. The summed E-state index contributed by atoms with van der Waals surface area (Å²) >= 11 is 0. The van der Waals surface area contributed by atoms with E-state index in [4.69, 9.17) is 19.5 Å². The fourth-order valence-electron chi connectivity index (χ4n) is 6.09. The fourth-order valence-corrected chi connectivity index (χ4v) is 6.09. The van der Waals surface area contributed by atoms with Gasteiger partial charge in [0.15, 0.2) is 5.82 Å². The number of ether oxygens (including phenoxy) is 3. The van der Waals surface area contributed by atoms with Crippen molar-refractivity contribution in [3.63, 3.8) is 0 Å². The summed E-state index contributed by atoms with van der Waals surface area (Å²) in [6.45, 7) is 5.55. The number of allylic oxidation sites excluding steroid dienone is 2. The maximum atomic E-state index is 13.0. The number of benzene rings is 1. The largest absolute Gasteiger partial charge is 0.381 e. The summed E-state index contributed by atoms with van der Waals surface area (Å²) in [5.74, 6) is -0.0227. The maximum Gasteiger partial charge on any atom is 0.291 e. The van der Waals surface area contributed by atoms with Crippen LogP contribution >= 0.6 is 0 Å². The van der Waals surface area contributed by atoms with Gasteiger partial charge >= 0.3 is 0 Å². The molecule has 2 aliphatic heterocycles. The molecule has 2 aromatic rings. The third-order valence-corrected chi connectivity index (χ3v) is 8.05. The number of methoxy groups -OCH3 is 2. The van der Waals surface area contributed by atoms with Gasteiger partial charge in [-0.25, -0.2) is 4.98 Å². The van der Waals surface area contributed by atoms with Crippen LogP contribution < -0.4 is 5.32 Å². The van der Waals surface area contributed by atoms with Crippen LogP contribution in [-0.4, -0.2) is 54.5 Å². The van der Waals surface area contributed by atoms with Crippen LogP contribution in [0.1, 0.15) is 79.3 Å². The lowest BCUT2D eigenvalue weighted by Crippen LogP contribution is -2.49. The zero-order valence-electron chi connectivity index (χ0n) is 22.6. The lowest BCUT2D eigenvalue weighted by molar-refractivity contribution is -0.171. The molecule has 38 heavy (non-hydrogen) atoms. The Morgan fingerprint density at radius 2 is 1.92 bits per heavy atom. The maximum absolute atomic E-state index is 13.0. The number of H-pyrrole nitrogens is 1. The molecule has 8 heteroatoms. The molecule has 2 bridgehead atoms. The zero-order chi connectivity index (χ0) is 27.0. The average molecular weight is 517 g/mol. The number of aromatic amines is 1. The number of carbonyl (C=O) groups excluding carboxylic acids is 1. The van der Waals surface area contributed by atoms with Crippen LogP contribution in [0.4, 0.5) is 5.69 Å². The molecule has 1 saturated heterocycles. The van der Waals surface area contributed by atoms with Crippen molar-refractivity contribution < 1.29 is 19.0 Å². The summed E-state index contributed by atoms with van der Waals surface area (Å²) in [6.07, 6.45) is 12.6. The Morgan fingerprint density at radius 3 is 2.50 bits per heavy atom. The summed E-state index contributed by atoms with van der Waals surface area (Å²) in [7, 11) is 3.41. The lowest BCUT2D eigenvalue weighted by atomic mass is 9.75. The van der Waals surface area contributed by atoms with Gasteiger partial charge in [0, 0.05) is 25.5 Å². The molecule has 1 aromatic heterocycles. The fraction of sp³-hybridized carbons (Fsp3) is 0.500. The summed E-state index contributed by atoms with van der Waals surface area (Å²) in [4.78, 5) is 19.8. The Labute approximate surface area is 224 Å². The predicted molar refractivity (Wildman–Crippen MR) is 145 cm³/mol. The molecule has 2 N–H and O–H groups in total. The number of nitrogens with one attached hydrogen (secondary N) is 2. The first-order valence-corrected chi connectivity index (χ1v) is 13.2. The van der Waals surface area contributed by atoms with Gasteiger partial charge in [0.25, 0.3) is 5.91 Å². The Hall–Kier alpha value is -3.25. The SMILES string of the molecule is COCC12C=C[C@](COC)(CC(c3ccc(NC(=O)c4ncc(C#N)[nH]4)c(C4=CCC(C)(C)CC4)c3)C1)O2. The minimum atomic E-state index is -0.477. The Morgan fingerprint density at radius 1 is 1.21 bits per heavy atom. The number of nitrogens with zero attached hydrogens (tertiary/aromatic N) is 2. The molecule has 0 saturated carbocycles. The topological polar surface area (TPSA) is 109 Å².